The molecule has 0 atom stereocenters. The summed E-state index contributed by atoms with van der Waals surface area (Å²) in [4.78, 5) is 19.3. The van der Waals surface area contributed by atoms with E-state index in [1.165, 1.54) is 11.8 Å². The lowest BCUT2D eigenvalue weighted by Crippen LogP contribution is -2.38. The van der Waals surface area contributed by atoms with Gasteiger partial charge in [0.1, 0.15) is 12.4 Å². The van der Waals surface area contributed by atoms with Gasteiger partial charge >= 0.3 is 0 Å². The molecule has 1 amide bonds. The Bertz CT molecular complexity index is 874. The molecule has 6 heteroatoms. The van der Waals surface area contributed by atoms with Crippen LogP contribution in [0, 0.1) is 0 Å². The van der Waals surface area contributed by atoms with Gasteiger partial charge in [0.15, 0.2) is 5.17 Å². The molecule has 2 heterocycles. The van der Waals surface area contributed by atoms with Crippen molar-refractivity contribution >= 4 is 28.9 Å². The van der Waals surface area contributed by atoms with Crippen LogP contribution >= 0.6 is 11.8 Å². The van der Waals surface area contributed by atoms with Gasteiger partial charge in [-0.2, -0.15) is 4.99 Å². The lowest BCUT2D eigenvalue weighted by atomic mass is 10.2. The van der Waals surface area contributed by atoms with Crippen molar-refractivity contribution in [2.45, 2.75) is 6.61 Å². The first-order valence-corrected chi connectivity index (χ1v) is 9.72. The number of para-hydroxylation sites is 1. The number of hydrogen-bond acceptors (Lipinski definition) is 5. The summed E-state index contributed by atoms with van der Waals surface area (Å²) < 4.78 is 11.3. The van der Waals surface area contributed by atoms with Crippen LogP contribution in [0.2, 0.25) is 0 Å². The third kappa shape index (κ3) is 4.40. The highest BCUT2D eigenvalue weighted by Gasteiger charge is 2.27. The monoisotopic (exact) mass is 380 g/mol. The topological polar surface area (TPSA) is 51.1 Å². The second kappa shape index (κ2) is 8.41. The van der Waals surface area contributed by atoms with E-state index in [1.54, 1.807) is 0 Å². The predicted molar refractivity (Wildman–Crippen MR) is 108 cm³/mol. The smallest absolute Gasteiger partial charge is 0.286 e. The third-order valence-electron chi connectivity index (χ3n) is 4.33. The van der Waals surface area contributed by atoms with Crippen molar-refractivity contribution in [1.82, 2.24) is 4.90 Å². The Labute approximate surface area is 162 Å². The lowest BCUT2D eigenvalue weighted by molar-refractivity contribution is -0.113. The van der Waals surface area contributed by atoms with Crippen LogP contribution in [0.25, 0.3) is 6.08 Å². The van der Waals surface area contributed by atoms with Crippen LogP contribution in [0.3, 0.4) is 0 Å². The molecule has 0 bridgehead atoms. The normalized spacial score (nSPS) is 18.7. The maximum absolute atomic E-state index is 12.3. The summed E-state index contributed by atoms with van der Waals surface area (Å²) in [7, 11) is 0. The number of amides is 1. The van der Waals surface area contributed by atoms with Gasteiger partial charge in [0.2, 0.25) is 0 Å². The SMILES string of the molecule is O=C1N=C(N2CCOCC2)SC1=Cc1ccccc1OCc1ccccc1. The van der Waals surface area contributed by atoms with E-state index in [0.717, 1.165) is 35.1 Å². The fraction of sp³-hybridized carbons (Fsp3) is 0.238. The summed E-state index contributed by atoms with van der Waals surface area (Å²) >= 11 is 1.42. The van der Waals surface area contributed by atoms with Gasteiger partial charge in [-0.1, -0.05) is 48.5 Å². The second-order valence-electron chi connectivity index (χ2n) is 6.22. The van der Waals surface area contributed by atoms with E-state index in [9.17, 15) is 4.79 Å². The minimum absolute atomic E-state index is 0.195. The number of nitrogens with zero attached hydrogens (tertiary/aromatic N) is 2. The predicted octanol–water partition coefficient (Wildman–Crippen LogP) is 3.57. The van der Waals surface area contributed by atoms with Crippen molar-refractivity contribution in [3.63, 3.8) is 0 Å². The number of carbonyl (C=O) groups excluding carboxylic acids is 1. The fourth-order valence-electron chi connectivity index (χ4n) is 2.90. The van der Waals surface area contributed by atoms with E-state index in [4.69, 9.17) is 9.47 Å². The standard InChI is InChI=1S/C21H20N2O3S/c24-20-19(27-21(22-20)23-10-12-25-13-11-23)14-17-8-4-5-9-18(17)26-15-16-6-2-1-3-7-16/h1-9,14H,10-13,15H2. The minimum Gasteiger partial charge on any atom is -0.488 e. The van der Waals surface area contributed by atoms with E-state index in [-0.39, 0.29) is 5.91 Å². The van der Waals surface area contributed by atoms with Crippen LogP contribution in [0.1, 0.15) is 11.1 Å². The van der Waals surface area contributed by atoms with Gasteiger partial charge in [0.25, 0.3) is 5.91 Å². The molecule has 27 heavy (non-hydrogen) atoms. The average molecular weight is 380 g/mol. The zero-order chi connectivity index (χ0) is 18.5. The molecule has 0 aromatic heterocycles. The molecule has 0 N–H and O–H groups in total. The summed E-state index contributed by atoms with van der Waals surface area (Å²) in [6.07, 6.45) is 1.87. The first kappa shape index (κ1) is 17.8. The summed E-state index contributed by atoms with van der Waals surface area (Å²) in [6, 6.07) is 17.8. The van der Waals surface area contributed by atoms with Crippen LogP contribution in [-0.4, -0.2) is 42.3 Å². The van der Waals surface area contributed by atoms with Crippen LogP contribution in [0.5, 0.6) is 5.75 Å². The summed E-state index contributed by atoms with van der Waals surface area (Å²) in [5, 5.41) is 0.761. The van der Waals surface area contributed by atoms with Crippen LogP contribution in [0.15, 0.2) is 64.5 Å². The first-order chi connectivity index (χ1) is 13.3. The number of rotatable bonds is 4. The Morgan fingerprint density at radius 2 is 1.81 bits per heavy atom. The highest BCUT2D eigenvalue weighted by atomic mass is 32.2. The van der Waals surface area contributed by atoms with E-state index in [2.05, 4.69) is 9.89 Å². The summed E-state index contributed by atoms with van der Waals surface area (Å²) in [6.45, 7) is 3.36. The minimum atomic E-state index is -0.195. The van der Waals surface area contributed by atoms with Gasteiger partial charge in [0, 0.05) is 18.7 Å². The zero-order valence-corrected chi connectivity index (χ0v) is 15.7. The van der Waals surface area contributed by atoms with Crippen molar-refractivity contribution in [3.8, 4) is 5.75 Å². The molecule has 0 spiro atoms. The number of aliphatic imine (C=N–C) groups is 1. The largest absolute Gasteiger partial charge is 0.488 e. The third-order valence-corrected chi connectivity index (χ3v) is 5.38. The molecule has 5 nitrogen and oxygen atoms in total. The van der Waals surface area contributed by atoms with Crippen molar-refractivity contribution in [1.29, 1.82) is 0 Å². The molecule has 0 radical (unpaired) electrons. The molecule has 0 saturated carbocycles. The van der Waals surface area contributed by atoms with Gasteiger partial charge in [-0.05, 0) is 29.5 Å². The molecule has 0 aliphatic carbocycles. The number of ether oxygens (including phenoxy) is 2. The Hall–Kier alpha value is -2.57. The van der Waals surface area contributed by atoms with Gasteiger partial charge < -0.3 is 14.4 Å². The van der Waals surface area contributed by atoms with E-state index in [0.29, 0.717) is 24.7 Å². The van der Waals surface area contributed by atoms with Gasteiger partial charge in [0.05, 0.1) is 18.1 Å². The van der Waals surface area contributed by atoms with Crippen molar-refractivity contribution in [2.24, 2.45) is 4.99 Å². The quantitative estimate of drug-likeness (QED) is 0.759. The Morgan fingerprint density at radius 3 is 2.63 bits per heavy atom. The van der Waals surface area contributed by atoms with E-state index in [1.807, 2.05) is 60.7 Å². The highest BCUT2D eigenvalue weighted by molar-refractivity contribution is 8.18. The zero-order valence-electron chi connectivity index (χ0n) is 14.8. The van der Waals surface area contributed by atoms with Crippen molar-refractivity contribution < 1.29 is 14.3 Å². The number of amidine groups is 1. The molecule has 138 valence electrons. The number of carbonyl (C=O) groups is 1. The molecule has 2 aliphatic heterocycles. The molecule has 2 aromatic carbocycles. The maximum Gasteiger partial charge on any atom is 0.286 e. The molecule has 4 rings (SSSR count). The van der Waals surface area contributed by atoms with Crippen LogP contribution in [-0.2, 0) is 16.1 Å². The lowest BCUT2D eigenvalue weighted by Gasteiger charge is -2.27. The molecule has 0 unspecified atom stereocenters. The van der Waals surface area contributed by atoms with Gasteiger partial charge in [-0.3, -0.25) is 4.79 Å². The summed E-state index contributed by atoms with van der Waals surface area (Å²) in [5.41, 5.74) is 1.98. The Balaban J connectivity index is 1.48. The molecular weight excluding hydrogens is 360 g/mol. The van der Waals surface area contributed by atoms with E-state index < -0.39 is 0 Å². The molecule has 1 saturated heterocycles. The number of benzene rings is 2. The van der Waals surface area contributed by atoms with Crippen molar-refractivity contribution in [2.75, 3.05) is 26.3 Å². The second-order valence-corrected chi connectivity index (χ2v) is 7.23. The fourth-order valence-corrected chi connectivity index (χ4v) is 3.85. The number of hydrogen-bond donors (Lipinski definition) is 0. The highest BCUT2D eigenvalue weighted by Crippen LogP contribution is 2.32. The van der Waals surface area contributed by atoms with Gasteiger partial charge in [-0.25, -0.2) is 0 Å². The molecule has 2 aromatic rings. The molecule has 2 aliphatic rings. The molecule has 1 fully saturated rings. The number of morpholine rings is 1. The van der Waals surface area contributed by atoms with Crippen LogP contribution in [0.4, 0.5) is 0 Å². The Kier molecular flexibility index (Phi) is 5.55. The molecular formula is C21H20N2O3S. The maximum atomic E-state index is 12.3. The first-order valence-electron chi connectivity index (χ1n) is 8.90. The van der Waals surface area contributed by atoms with Crippen LogP contribution < -0.4 is 4.74 Å². The van der Waals surface area contributed by atoms with Gasteiger partial charge in [-0.15, -0.1) is 0 Å². The Morgan fingerprint density at radius 1 is 1.07 bits per heavy atom. The number of thioether (sulfide) groups is 1. The average Bonchev–Trinajstić information content (AvgIpc) is 3.09. The van der Waals surface area contributed by atoms with Crippen molar-refractivity contribution in [3.05, 3.63) is 70.6 Å². The summed E-state index contributed by atoms with van der Waals surface area (Å²) in [5.74, 6) is 0.557. The van der Waals surface area contributed by atoms with E-state index >= 15 is 0 Å².